The number of pyridine rings is 1. The third-order valence-corrected chi connectivity index (χ3v) is 5.33. The van der Waals surface area contributed by atoms with Gasteiger partial charge in [-0.25, -0.2) is 4.98 Å². The summed E-state index contributed by atoms with van der Waals surface area (Å²) in [6.45, 7) is 2.06. The minimum atomic E-state index is -1.02. The van der Waals surface area contributed by atoms with E-state index in [2.05, 4.69) is 40.2 Å². The fraction of sp³-hybridized carbons (Fsp3) is 0.400. The zero-order chi connectivity index (χ0) is 17.3. The largest absolute Gasteiger partial charge is 0.385 e. The van der Waals surface area contributed by atoms with E-state index >= 15 is 0 Å². The normalized spacial score (nSPS) is 29.1. The summed E-state index contributed by atoms with van der Waals surface area (Å²) < 4.78 is 5.76. The summed E-state index contributed by atoms with van der Waals surface area (Å²) in [7, 11) is 0. The molecule has 3 heterocycles. The van der Waals surface area contributed by atoms with E-state index in [-0.39, 0.29) is 12.1 Å². The van der Waals surface area contributed by atoms with Crippen LogP contribution in [0.25, 0.3) is 0 Å². The van der Waals surface area contributed by atoms with Gasteiger partial charge in [-0.1, -0.05) is 36.4 Å². The zero-order valence-corrected chi connectivity index (χ0v) is 14.0. The molecule has 5 heteroatoms. The highest BCUT2D eigenvalue weighted by Crippen LogP contribution is 2.42. The molecule has 4 rings (SSSR count). The Morgan fingerprint density at radius 2 is 1.88 bits per heavy atom. The average Bonchev–Trinajstić information content (AvgIpc) is 2.63. The fourth-order valence-electron chi connectivity index (χ4n) is 4.19. The Kier molecular flexibility index (Phi) is 4.26. The first-order chi connectivity index (χ1) is 12.2. The number of nitriles is 1. The van der Waals surface area contributed by atoms with Gasteiger partial charge >= 0.3 is 0 Å². The quantitative estimate of drug-likeness (QED) is 0.931. The van der Waals surface area contributed by atoms with Crippen LogP contribution < -0.4 is 0 Å². The molecule has 5 nitrogen and oxygen atoms in total. The summed E-state index contributed by atoms with van der Waals surface area (Å²) in [5.74, 6) is 0. The Balaban J connectivity index is 1.62. The molecule has 25 heavy (non-hydrogen) atoms. The average molecular weight is 335 g/mol. The maximum Gasteiger partial charge on any atom is 0.146 e. The minimum absolute atomic E-state index is 0.129. The second-order valence-corrected chi connectivity index (χ2v) is 6.95. The lowest BCUT2D eigenvalue weighted by atomic mass is 9.76. The van der Waals surface area contributed by atoms with Gasteiger partial charge in [0.2, 0.25) is 0 Å². The van der Waals surface area contributed by atoms with Crippen LogP contribution in [0.3, 0.4) is 0 Å². The molecule has 1 aromatic carbocycles. The van der Waals surface area contributed by atoms with Crippen molar-refractivity contribution in [2.24, 2.45) is 0 Å². The monoisotopic (exact) mass is 335 g/mol. The van der Waals surface area contributed by atoms with E-state index < -0.39 is 5.60 Å². The van der Waals surface area contributed by atoms with Gasteiger partial charge in [0.1, 0.15) is 11.8 Å². The second kappa shape index (κ2) is 6.57. The highest BCUT2D eigenvalue weighted by Gasteiger charge is 2.47. The number of piperidine rings is 1. The molecular formula is C20H21N3O2. The summed E-state index contributed by atoms with van der Waals surface area (Å²) >= 11 is 0. The van der Waals surface area contributed by atoms with Gasteiger partial charge in [0.15, 0.2) is 0 Å². The first-order valence-corrected chi connectivity index (χ1v) is 8.65. The van der Waals surface area contributed by atoms with Gasteiger partial charge in [-0.2, -0.15) is 5.26 Å². The molecule has 2 aliphatic heterocycles. The van der Waals surface area contributed by atoms with E-state index in [1.165, 1.54) is 5.56 Å². The molecule has 2 atom stereocenters. The van der Waals surface area contributed by atoms with Crippen LogP contribution in [0.5, 0.6) is 0 Å². The number of aliphatic hydroxyl groups is 1. The van der Waals surface area contributed by atoms with E-state index in [1.807, 2.05) is 12.1 Å². The van der Waals surface area contributed by atoms with Crippen LogP contribution in [-0.4, -0.2) is 40.3 Å². The van der Waals surface area contributed by atoms with Gasteiger partial charge in [0.05, 0.1) is 18.8 Å². The molecule has 1 aromatic heterocycles. The number of hydrogen-bond acceptors (Lipinski definition) is 5. The van der Waals surface area contributed by atoms with Crippen molar-refractivity contribution in [3.05, 3.63) is 65.5 Å². The molecule has 2 bridgehead atoms. The van der Waals surface area contributed by atoms with Crippen LogP contribution >= 0.6 is 0 Å². The summed E-state index contributed by atoms with van der Waals surface area (Å²) in [6, 6.07) is 16.4. The van der Waals surface area contributed by atoms with Crippen LogP contribution in [0.4, 0.5) is 0 Å². The molecule has 2 aliphatic rings. The van der Waals surface area contributed by atoms with Crippen molar-refractivity contribution in [3.8, 4) is 6.07 Å². The summed E-state index contributed by atoms with van der Waals surface area (Å²) in [6.07, 6.45) is 2.70. The van der Waals surface area contributed by atoms with Crippen molar-refractivity contribution < 1.29 is 9.84 Å². The number of fused-ring (bicyclic) bond motifs is 2. The number of nitrogens with zero attached hydrogens (tertiary/aromatic N) is 3. The van der Waals surface area contributed by atoms with Crippen LogP contribution in [0.15, 0.2) is 48.7 Å². The zero-order valence-electron chi connectivity index (χ0n) is 14.0. The van der Waals surface area contributed by atoms with Crippen molar-refractivity contribution in [1.82, 2.24) is 9.88 Å². The third kappa shape index (κ3) is 3.05. The van der Waals surface area contributed by atoms with Crippen LogP contribution in [0.2, 0.25) is 0 Å². The van der Waals surface area contributed by atoms with E-state index in [9.17, 15) is 10.4 Å². The van der Waals surface area contributed by atoms with Crippen LogP contribution in [-0.2, 0) is 16.9 Å². The van der Waals surface area contributed by atoms with Gasteiger partial charge in [0, 0.05) is 30.4 Å². The lowest BCUT2D eigenvalue weighted by Crippen LogP contribution is -2.60. The highest BCUT2D eigenvalue weighted by molar-refractivity contribution is 5.36. The van der Waals surface area contributed by atoms with E-state index in [1.54, 1.807) is 12.3 Å². The first-order valence-electron chi connectivity index (χ1n) is 8.65. The van der Waals surface area contributed by atoms with Gasteiger partial charge in [-0.05, 0) is 24.5 Å². The molecule has 0 saturated carbocycles. The first kappa shape index (κ1) is 16.2. The van der Waals surface area contributed by atoms with Gasteiger partial charge in [-0.3, -0.25) is 4.90 Å². The summed E-state index contributed by atoms with van der Waals surface area (Å²) in [5.41, 5.74) is 1.21. The number of rotatable bonds is 3. The van der Waals surface area contributed by atoms with Gasteiger partial charge in [0.25, 0.3) is 0 Å². The lowest BCUT2D eigenvalue weighted by molar-refractivity contribution is -0.149. The third-order valence-electron chi connectivity index (χ3n) is 5.33. The minimum Gasteiger partial charge on any atom is -0.385 e. The topological polar surface area (TPSA) is 69.4 Å². The molecule has 2 aromatic rings. The smallest absolute Gasteiger partial charge is 0.146 e. The number of morpholine rings is 1. The van der Waals surface area contributed by atoms with Crippen LogP contribution in [0.1, 0.15) is 29.7 Å². The predicted octanol–water partition coefficient (Wildman–Crippen LogP) is 2.20. The lowest BCUT2D eigenvalue weighted by Gasteiger charge is -2.51. The van der Waals surface area contributed by atoms with Crippen molar-refractivity contribution in [1.29, 1.82) is 5.26 Å². The van der Waals surface area contributed by atoms with Crippen molar-refractivity contribution >= 4 is 0 Å². The number of hydrogen-bond donors (Lipinski definition) is 1. The second-order valence-electron chi connectivity index (χ2n) is 6.95. The maximum atomic E-state index is 11.4. The van der Waals surface area contributed by atoms with E-state index in [0.29, 0.717) is 37.3 Å². The molecular weight excluding hydrogens is 314 g/mol. The van der Waals surface area contributed by atoms with Crippen LogP contribution in [0, 0.1) is 11.3 Å². The maximum absolute atomic E-state index is 11.4. The SMILES string of the molecule is N#Cc1ncccc1C1(O)CC2COCC(C1)N2Cc1ccccc1. The Morgan fingerprint density at radius 3 is 2.56 bits per heavy atom. The standard InChI is InChI=1S/C20H21N3O2/c21-11-19-18(7-4-8-22-19)20(24)9-16-13-25-14-17(10-20)23(16)12-15-5-2-1-3-6-15/h1-8,16-17,24H,9-10,12-14H2. The Morgan fingerprint density at radius 1 is 1.16 bits per heavy atom. The predicted molar refractivity (Wildman–Crippen MR) is 92.5 cm³/mol. The molecule has 0 radical (unpaired) electrons. The highest BCUT2D eigenvalue weighted by atomic mass is 16.5. The Bertz CT molecular complexity index is 773. The molecule has 1 N–H and O–H groups in total. The van der Waals surface area contributed by atoms with Crippen molar-refractivity contribution in [3.63, 3.8) is 0 Å². The molecule has 2 unspecified atom stereocenters. The number of aromatic nitrogens is 1. The Labute approximate surface area is 147 Å². The molecule has 128 valence electrons. The summed E-state index contributed by atoms with van der Waals surface area (Å²) in [4.78, 5) is 6.57. The van der Waals surface area contributed by atoms with E-state index in [4.69, 9.17) is 4.74 Å². The molecule has 2 saturated heterocycles. The van der Waals surface area contributed by atoms with E-state index in [0.717, 1.165) is 6.54 Å². The number of benzene rings is 1. The summed E-state index contributed by atoms with van der Waals surface area (Å²) in [5, 5.41) is 20.7. The molecule has 2 fully saturated rings. The molecule has 0 aliphatic carbocycles. The molecule has 0 spiro atoms. The van der Waals surface area contributed by atoms with Gasteiger partial charge in [-0.15, -0.1) is 0 Å². The fourth-order valence-corrected chi connectivity index (χ4v) is 4.19. The van der Waals surface area contributed by atoms with Gasteiger partial charge < -0.3 is 9.84 Å². The molecule has 0 amide bonds. The number of ether oxygens (including phenoxy) is 1. The van der Waals surface area contributed by atoms with Crippen molar-refractivity contribution in [2.75, 3.05) is 13.2 Å². The van der Waals surface area contributed by atoms with Crippen molar-refractivity contribution in [2.45, 2.75) is 37.1 Å². The Hall–Kier alpha value is -2.26.